The van der Waals surface area contributed by atoms with Gasteiger partial charge in [-0.05, 0) is 49.2 Å². The van der Waals surface area contributed by atoms with Crippen molar-refractivity contribution in [2.45, 2.75) is 23.8 Å². The lowest BCUT2D eigenvalue weighted by atomic mass is 10.1. The number of amides is 2. The third kappa shape index (κ3) is 5.57. The summed E-state index contributed by atoms with van der Waals surface area (Å²) in [5, 5.41) is 2.78. The van der Waals surface area contributed by atoms with E-state index in [4.69, 9.17) is 9.47 Å². The number of methoxy groups -OCH3 is 2. The van der Waals surface area contributed by atoms with Gasteiger partial charge in [0.15, 0.2) is 0 Å². The summed E-state index contributed by atoms with van der Waals surface area (Å²) in [5.41, 5.74) is 0.700. The fourth-order valence-corrected chi connectivity index (χ4v) is 4.60. The topological polar surface area (TPSA) is 114 Å². The highest BCUT2D eigenvalue weighted by Crippen LogP contribution is 2.23. The number of carbonyl (C=O) groups excluding carboxylic acids is 2. The highest BCUT2D eigenvalue weighted by Gasteiger charge is 2.34. The minimum Gasteiger partial charge on any atom is -0.497 e. The van der Waals surface area contributed by atoms with Crippen LogP contribution in [0.2, 0.25) is 0 Å². The van der Waals surface area contributed by atoms with Crippen LogP contribution >= 0.6 is 0 Å². The zero-order valence-electron chi connectivity index (χ0n) is 18.0. The maximum absolute atomic E-state index is 12.9. The number of rotatable bonds is 9. The molecule has 1 atom stereocenters. The van der Waals surface area contributed by atoms with E-state index in [1.807, 2.05) is 0 Å². The first kappa shape index (κ1) is 23.6. The Kier molecular flexibility index (Phi) is 7.70. The average Bonchev–Trinajstić information content (AvgIpc) is 3.29. The molecule has 2 aromatic carbocycles. The Hall–Kier alpha value is -3.11. The summed E-state index contributed by atoms with van der Waals surface area (Å²) in [4.78, 5) is 27.0. The van der Waals surface area contributed by atoms with E-state index in [1.165, 1.54) is 31.4 Å². The molecule has 0 radical (unpaired) electrons. The van der Waals surface area contributed by atoms with Crippen LogP contribution in [0.4, 0.5) is 5.69 Å². The van der Waals surface area contributed by atoms with Crippen LogP contribution in [-0.4, -0.2) is 65.1 Å². The lowest BCUT2D eigenvalue weighted by Crippen LogP contribution is -2.46. The Morgan fingerprint density at radius 3 is 2.56 bits per heavy atom. The zero-order valence-corrected chi connectivity index (χ0v) is 18.9. The summed E-state index contributed by atoms with van der Waals surface area (Å²) < 4.78 is 37.8. The first-order valence-electron chi connectivity index (χ1n) is 10.2. The molecule has 172 valence electrons. The second-order valence-electron chi connectivity index (χ2n) is 7.30. The summed E-state index contributed by atoms with van der Waals surface area (Å²) in [6.07, 6.45) is 1.34. The third-order valence-corrected chi connectivity index (χ3v) is 6.54. The van der Waals surface area contributed by atoms with Crippen LogP contribution in [0, 0.1) is 0 Å². The molecule has 1 aliphatic heterocycles. The van der Waals surface area contributed by atoms with Crippen molar-refractivity contribution < 1.29 is 27.5 Å². The Bertz CT molecular complexity index is 1060. The molecule has 1 saturated heterocycles. The van der Waals surface area contributed by atoms with Crippen molar-refractivity contribution in [1.29, 1.82) is 0 Å². The second kappa shape index (κ2) is 10.5. The summed E-state index contributed by atoms with van der Waals surface area (Å²) in [6, 6.07) is 11.7. The van der Waals surface area contributed by atoms with Crippen LogP contribution in [-0.2, 0) is 19.6 Å². The number of hydrogen-bond donors (Lipinski definition) is 2. The summed E-state index contributed by atoms with van der Waals surface area (Å²) in [7, 11) is -0.799. The van der Waals surface area contributed by atoms with Gasteiger partial charge in [0.05, 0.1) is 18.6 Å². The fourth-order valence-electron chi connectivity index (χ4n) is 3.51. The van der Waals surface area contributed by atoms with E-state index >= 15 is 0 Å². The van der Waals surface area contributed by atoms with Crippen molar-refractivity contribution in [2.24, 2.45) is 0 Å². The van der Waals surface area contributed by atoms with Gasteiger partial charge in [0, 0.05) is 37.5 Å². The number of likely N-dealkylation sites (tertiary alicyclic amines) is 1. The normalized spacial score (nSPS) is 15.9. The molecular formula is C22H27N3O6S. The molecular weight excluding hydrogens is 434 g/mol. The molecule has 2 aromatic rings. The zero-order chi connectivity index (χ0) is 23.1. The number of sulfonamides is 1. The van der Waals surface area contributed by atoms with E-state index in [9.17, 15) is 18.0 Å². The van der Waals surface area contributed by atoms with E-state index in [0.29, 0.717) is 43.1 Å². The number of hydrogen-bond acceptors (Lipinski definition) is 6. The van der Waals surface area contributed by atoms with Crippen LogP contribution in [0.15, 0.2) is 53.4 Å². The van der Waals surface area contributed by atoms with Gasteiger partial charge in [-0.1, -0.05) is 6.07 Å². The Morgan fingerprint density at radius 2 is 1.88 bits per heavy atom. The average molecular weight is 462 g/mol. The van der Waals surface area contributed by atoms with Crippen LogP contribution in [0.25, 0.3) is 0 Å². The van der Waals surface area contributed by atoms with E-state index < -0.39 is 16.1 Å². The Labute approximate surface area is 187 Å². The van der Waals surface area contributed by atoms with Gasteiger partial charge in [0.1, 0.15) is 11.8 Å². The third-order valence-electron chi connectivity index (χ3n) is 5.16. The second-order valence-corrected chi connectivity index (χ2v) is 8.98. The smallest absolute Gasteiger partial charge is 0.262 e. The van der Waals surface area contributed by atoms with Crippen molar-refractivity contribution in [2.75, 3.05) is 38.6 Å². The number of anilines is 1. The maximum atomic E-state index is 12.9. The Balaban J connectivity index is 1.68. The molecule has 0 aromatic heterocycles. The molecule has 32 heavy (non-hydrogen) atoms. The first-order valence-corrected chi connectivity index (χ1v) is 11.7. The van der Waals surface area contributed by atoms with Crippen LogP contribution in [0.5, 0.6) is 5.75 Å². The largest absolute Gasteiger partial charge is 0.497 e. The van der Waals surface area contributed by atoms with Gasteiger partial charge in [-0.2, -0.15) is 0 Å². The number of nitrogens with one attached hydrogen (secondary N) is 2. The van der Waals surface area contributed by atoms with Gasteiger partial charge < -0.3 is 19.7 Å². The van der Waals surface area contributed by atoms with E-state index in [2.05, 4.69) is 10.0 Å². The number of ether oxygens (including phenoxy) is 2. The minimum atomic E-state index is -3.81. The molecule has 0 saturated carbocycles. The molecule has 1 aliphatic rings. The van der Waals surface area contributed by atoms with Gasteiger partial charge in [-0.3, -0.25) is 14.3 Å². The molecule has 2 amide bonds. The Morgan fingerprint density at radius 1 is 1.12 bits per heavy atom. The number of benzene rings is 2. The maximum Gasteiger partial charge on any atom is 0.262 e. The standard InChI is InChI=1S/C22H27N3O6S/c1-30-14-12-23-21(26)20-7-4-13-25(20)22(27)16-8-10-17(11-9-16)24-32(28,29)19-6-3-5-18(15-19)31-2/h3,5-6,8-11,15,20,24H,4,7,12-14H2,1-2H3,(H,23,26). The van der Waals surface area contributed by atoms with Gasteiger partial charge in [-0.25, -0.2) is 8.42 Å². The minimum absolute atomic E-state index is 0.0661. The molecule has 3 rings (SSSR count). The molecule has 0 bridgehead atoms. The van der Waals surface area contributed by atoms with Crippen LogP contribution in [0.1, 0.15) is 23.2 Å². The summed E-state index contributed by atoms with van der Waals surface area (Å²) >= 11 is 0. The quantitative estimate of drug-likeness (QED) is 0.551. The lowest BCUT2D eigenvalue weighted by Gasteiger charge is -2.24. The van der Waals surface area contributed by atoms with Crippen molar-refractivity contribution in [1.82, 2.24) is 10.2 Å². The molecule has 1 unspecified atom stereocenters. The summed E-state index contributed by atoms with van der Waals surface area (Å²) in [6.45, 7) is 1.28. The van der Waals surface area contributed by atoms with Gasteiger partial charge in [0.2, 0.25) is 5.91 Å². The van der Waals surface area contributed by atoms with E-state index in [-0.39, 0.29) is 16.7 Å². The van der Waals surface area contributed by atoms with Crippen LogP contribution in [0.3, 0.4) is 0 Å². The van der Waals surface area contributed by atoms with E-state index in [0.717, 1.165) is 6.42 Å². The predicted octanol–water partition coefficient (Wildman–Crippen LogP) is 1.86. The van der Waals surface area contributed by atoms with Crippen LogP contribution < -0.4 is 14.8 Å². The molecule has 0 aliphatic carbocycles. The lowest BCUT2D eigenvalue weighted by molar-refractivity contribution is -0.125. The molecule has 10 heteroatoms. The molecule has 9 nitrogen and oxygen atoms in total. The first-order chi connectivity index (χ1) is 15.4. The SMILES string of the molecule is COCCNC(=O)C1CCCN1C(=O)c1ccc(NS(=O)(=O)c2cccc(OC)c2)cc1. The van der Waals surface area contributed by atoms with Crippen molar-refractivity contribution >= 4 is 27.5 Å². The van der Waals surface area contributed by atoms with Gasteiger partial charge >= 0.3 is 0 Å². The van der Waals surface area contributed by atoms with E-state index in [1.54, 1.807) is 36.3 Å². The molecule has 2 N–H and O–H groups in total. The highest BCUT2D eigenvalue weighted by molar-refractivity contribution is 7.92. The van der Waals surface area contributed by atoms with Gasteiger partial charge in [0.25, 0.3) is 15.9 Å². The summed E-state index contributed by atoms with van der Waals surface area (Å²) in [5.74, 6) is -0.0348. The molecule has 1 fully saturated rings. The molecule has 0 spiro atoms. The molecule has 1 heterocycles. The van der Waals surface area contributed by atoms with Crippen molar-refractivity contribution in [3.8, 4) is 5.75 Å². The van der Waals surface area contributed by atoms with Crippen molar-refractivity contribution in [3.05, 3.63) is 54.1 Å². The number of carbonyl (C=O) groups is 2. The monoisotopic (exact) mass is 461 g/mol. The van der Waals surface area contributed by atoms with Gasteiger partial charge in [-0.15, -0.1) is 0 Å². The predicted molar refractivity (Wildman–Crippen MR) is 119 cm³/mol. The van der Waals surface area contributed by atoms with Crippen molar-refractivity contribution in [3.63, 3.8) is 0 Å². The highest BCUT2D eigenvalue weighted by atomic mass is 32.2. The number of nitrogens with zero attached hydrogens (tertiary/aromatic N) is 1. The fraction of sp³-hybridized carbons (Fsp3) is 0.364.